The average molecular weight is 265 g/mol. The number of nitrogens with one attached hydrogen (secondary N) is 1. The highest BCUT2D eigenvalue weighted by Gasteiger charge is 2.10. The molecule has 1 N–H and O–H groups in total. The minimum atomic E-state index is 0.245. The molecule has 0 aliphatic carbocycles. The lowest BCUT2D eigenvalue weighted by atomic mass is 10.2. The average Bonchev–Trinajstić information content (AvgIpc) is 2.95. The maximum absolute atomic E-state index is 4.30. The van der Waals surface area contributed by atoms with Gasteiger partial charge in [-0.2, -0.15) is 5.10 Å². The number of rotatable bonds is 6. The molecule has 0 fully saturated rings. The predicted octanol–water partition coefficient (Wildman–Crippen LogP) is 2.24. The van der Waals surface area contributed by atoms with Crippen LogP contribution in [0.2, 0.25) is 0 Å². The lowest BCUT2D eigenvalue weighted by Gasteiger charge is -2.12. The predicted molar refractivity (Wildman–Crippen MR) is 72.2 cm³/mol. The summed E-state index contributed by atoms with van der Waals surface area (Å²) in [7, 11) is 0. The molecule has 0 saturated heterocycles. The molecule has 0 aliphatic rings. The molecule has 0 amide bonds. The highest BCUT2D eigenvalue weighted by atomic mass is 32.1. The Labute approximate surface area is 111 Å². The highest BCUT2D eigenvalue weighted by molar-refractivity contribution is 7.09. The van der Waals surface area contributed by atoms with Gasteiger partial charge in [0.15, 0.2) is 0 Å². The molecule has 2 rings (SSSR count). The summed E-state index contributed by atoms with van der Waals surface area (Å²) in [6.45, 7) is 8.09. The van der Waals surface area contributed by atoms with Gasteiger partial charge in [0.05, 0.1) is 12.6 Å². The Bertz CT molecular complexity index is 463. The summed E-state index contributed by atoms with van der Waals surface area (Å²) in [5, 5.41) is 10.8. The van der Waals surface area contributed by atoms with Crippen LogP contribution in [0.25, 0.3) is 0 Å². The van der Waals surface area contributed by atoms with Gasteiger partial charge in [-0.05, 0) is 12.8 Å². The van der Waals surface area contributed by atoms with E-state index >= 15 is 0 Å². The van der Waals surface area contributed by atoms with Crippen LogP contribution in [0, 0.1) is 5.92 Å². The van der Waals surface area contributed by atoms with Gasteiger partial charge in [0.25, 0.3) is 0 Å². The molecular weight excluding hydrogens is 246 g/mol. The van der Waals surface area contributed by atoms with Gasteiger partial charge in [0.2, 0.25) is 0 Å². The fraction of sp³-hybridized carbons (Fsp3) is 0.583. The molecule has 5 nitrogen and oxygen atoms in total. The zero-order valence-corrected chi connectivity index (χ0v) is 11.8. The third kappa shape index (κ3) is 3.36. The van der Waals surface area contributed by atoms with Gasteiger partial charge < -0.3 is 5.32 Å². The lowest BCUT2D eigenvalue weighted by Crippen LogP contribution is -2.21. The fourth-order valence-corrected chi connectivity index (χ4v) is 2.37. The number of nitrogens with zero attached hydrogens (tertiary/aromatic N) is 4. The molecule has 6 heteroatoms. The van der Waals surface area contributed by atoms with Crippen molar-refractivity contribution in [3.8, 4) is 0 Å². The SMILES string of the molecule is CC(C)Cn1ncnc1CNC(C)c1nccs1. The highest BCUT2D eigenvalue weighted by Crippen LogP contribution is 2.15. The van der Waals surface area contributed by atoms with E-state index in [1.54, 1.807) is 17.7 Å². The van der Waals surface area contributed by atoms with Gasteiger partial charge in [-0.25, -0.2) is 14.6 Å². The standard InChI is InChI=1S/C12H19N5S/c1-9(2)7-17-11(15-8-16-17)6-14-10(3)12-13-4-5-18-12/h4-5,8-10,14H,6-7H2,1-3H3. The molecule has 98 valence electrons. The Morgan fingerprint density at radius 2 is 2.17 bits per heavy atom. The zero-order chi connectivity index (χ0) is 13.0. The molecule has 1 atom stereocenters. The fourth-order valence-electron chi connectivity index (χ4n) is 1.70. The summed E-state index contributed by atoms with van der Waals surface area (Å²) in [6.07, 6.45) is 3.45. The van der Waals surface area contributed by atoms with E-state index in [9.17, 15) is 0 Å². The number of aromatic nitrogens is 4. The molecule has 2 aromatic heterocycles. The van der Waals surface area contributed by atoms with Crippen molar-refractivity contribution >= 4 is 11.3 Å². The van der Waals surface area contributed by atoms with Crippen molar-refractivity contribution in [1.29, 1.82) is 0 Å². The Morgan fingerprint density at radius 1 is 1.33 bits per heavy atom. The molecule has 2 aromatic rings. The first-order valence-corrected chi connectivity index (χ1v) is 7.04. The first kappa shape index (κ1) is 13.2. The van der Waals surface area contributed by atoms with E-state index in [0.29, 0.717) is 12.5 Å². The Kier molecular flexibility index (Phi) is 4.43. The van der Waals surface area contributed by atoms with E-state index in [-0.39, 0.29) is 6.04 Å². The zero-order valence-electron chi connectivity index (χ0n) is 11.0. The molecule has 2 heterocycles. The van der Waals surface area contributed by atoms with Crippen molar-refractivity contribution in [2.24, 2.45) is 5.92 Å². The third-order valence-electron chi connectivity index (χ3n) is 2.62. The van der Waals surface area contributed by atoms with Gasteiger partial charge in [0, 0.05) is 18.1 Å². The quantitative estimate of drug-likeness (QED) is 0.870. The van der Waals surface area contributed by atoms with Crippen molar-refractivity contribution < 1.29 is 0 Å². The van der Waals surface area contributed by atoms with Crippen LogP contribution in [0.1, 0.15) is 37.6 Å². The first-order chi connectivity index (χ1) is 8.66. The van der Waals surface area contributed by atoms with E-state index in [4.69, 9.17) is 0 Å². The molecule has 0 bridgehead atoms. The van der Waals surface area contributed by atoms with Crippen molar-refractivity contribution in [1.82, 2.24) is 25.1 Å². The molecule has 0 aliphatic heterocycles. The Balaban J connectivity index is 1.92. The van der Waals surface area contributed by atoms with Crippen molar-refractivity contribution in [3.05, 3.63) is 28.7 Å². The van der Waals surface area contributed by atoms with Crippen LogP contribution in [0.3, 0.4) is 0 Å². The first-order valence-electron chi connectivity index (χ1n) is 6.16. The van der Waals surface area contributed by atoms with Crippen molar-refractivity contribution in [2.45, 2.75) is 39.9 Å². The maximum Gasteiger partial charge on any atom is 0.140 e. The van der Waals surface area contributed by atoms with Gasteiger partial charge in [-0.3, -0.25) is 0 Å². The molecule has 0 aromatic carbocycles. The second-order valence-corrected chi connectivity index (χ2v) is 5.65. The van der Waals surface area contributed by atoms with E-state index in [1.165, 1.54) is 0 Å². The van der Waals surface area contributed by atoms with E-state index in [2.05, 4.69) is 41.2 Å². The van der Waals surface area contributed by atoms with Crippen LogP contribution >= 0.6 is 11.3 Å². The number of hydrogen-bond donors (Lipinski definition) is 1. The minimum Gasteiger partial charge on any atom is -0.301 e. The Morgan fingerprint density at radius 3 is 2.83 bits per heavy atom. The topological polar surface area (TPSA) is 55.6 Å². The van der Waals surface area contributed by atoms with Crippen molar-refractivity contribution in [3.63, 3.8) is 0 Å². The van der Waals surface area contributed by atoms with Gasteiger partial charge in [-0.1, -0.05) is 13.8 Å². The summed E-state index contributed by atoms with van der Waals surface area (Å²) < 4.78 is 1.96. The molecule has 0 saturated carbocycles. The molecule has 0 spiro atoms. The van der Waals surface area contributed by atoms with Crippen LogP contribution in [0.4, 0.5) is 0 Å². The number of thiazole rings is 1. The summed E-state index contributed by atoms with van der Waals surface area (Å²) in [5.74, 6) is 1.55. The summed E-state index contributed by atoms with van der Waals surface area (Å²) in [5.41, 5.74) is 0. The van der Waals surface area contributed by atoms with Gasteiger partial charge in [0.1, 0.15) is 17.2 Å². The minimum absolute atomic E-state index is 0.245. The van der Waals surface area contributed by atoms with Gasteiger partial charge >= 0.3 is 0 Å². The molecule has 0 radical (unpaired) electrons. The second kappa shape index (κ2) is 6.06. The third-order valence-corrected chi connectivity index (χ3v) is 3.58. The van der Waals surface area contributed by atoms with Crippen LogP contribution in [0.5, 0.6) is 0 Å². The van der Waals surface area contributed by atoms with Crippen LogP contribution in [0.15, 0.2) is 17.9 Å². The molecular formula is C12H19N5S. The summed E-state index contributed by atoms with van der Waals surface area (Å²) in [4.78, 5) is 8.59. The summed E-state index contributed by atoms with van der Waals surface area (Å²) >= 11 is 1.67. The van der Waals surface area contributed by atoms with Gasteiger partial charge in [-0.15, -0.1) is 11.3 Å². The number of hydrogen-bond acceptors (Lipinski definition) is 5. The van der Waals surface area contributed by atoms with E-state index < -0.39 is 0 Å². The van der Waals surface area contributed by atoms with Crippen LogP contribution < -0.4 is 5.32 Å². The van der Waals surface area contributed by atoms with Crippen LogP contribution in [-0.2, 0) is 13.1 Å². The van der Waals surface area contributed by atoms with Crippen molar-refractivity contribution in [2.75, 3.05) is 0 Å². The maximum atomic E-state index is 4.30. The largest absolute Gasteiger partial charge is 0.301 e. The van der Waals surface area contributed by atoms with E-state index in [0.717, 1.165) is 17.4 Å². The lowest BCUT2D eigenvalue weighted by molar-refractivity contribution is 0.449. The molecule has 18 heavy (non-hydrogen) atoms. The Hall–Kier alpha value is -1.27. The summed E-state index contributed by atoms with van der Waals surface area (Å²) in [6, 6.07) is 0.245. The molecule has 1 unspecified atom stereocenters. The van der Waals surface area contributed by atoms with Crippen LogP contribution in [-0.4, -0.2) is 19.7 Å². The van der Waals surface area contributed by atoms with E-state index in [1.807, 2.05) is 16.3 Å². The smallest absolute Gasteiger partial charge is 0.140 e. The normalized spacial score (nSPS) is 13.1. The second-order valence-electron chi connectivity index (χ2n) is 4.73. The monoisotopic (exact) mass is 265 g/mol.